The van der Waals surface area contributed by atoms with Crippen molar-refractivity contribution in [2.24, 2.45) is 0 Å². The minimum absolute atomic E-state index is 0.0985. The van der Waals surface area contributed by atoms with Gasteiger partial charge >= 0.3 is 0 Å². The molecule has 2 saturated heterocycles. The number of carbonyl (C=O) groups is 2. The Balaban J connectivity index is 1.51. The predicted molar refractivity (Wildman–Crippen MR) is 116 cm³/mol. The van der Waals surface area contributed by atoms with Crippen LogP contribution >= 0.6 is 0 Å². The fraction of sp³-hybridized carbons (Fsp3) is 0.583. The summed E-state index contributed by atoms with van der Waals surface area (Å²) < 4.78 is 21.5. The number of carbonyl (C=O) groups excluding carboxylic acids is 2. The molecule has 1 aromatic rings. The number of nitrogens with one attached hydrogen (secondary N) is 2. The van der Waals surface area contributed by atoms with Crippen LogP contribution in [0.4, 0.5) is 4.39 Å². The second-order valence-corrected chi connectivity index (χ2v) is 8.98. The van der Waals surface area contributed by atoms with Gasteiger partial charge in [-0.05, 0) is 50.7 Å². The lowest BCUT2D eigenvalue weighted by Crippen LogP contribution is -2.49. The summed E-state index contributed by atoms with van der Waals surface area (Å²) in [6.07, 6.45) is 4.53. The number of piperidine rings is 1. The molecule has 1 aromatic carbocycles. The van der Waals surface area contributed by atoms with Gasteiger partial charge in [-0.2, -0.15) is 0 Å². The van der Waals surface area contributed by atoms with E-state index in [1.807, 2.05) is 0 Å². The standard InChI is InChI=1S/C24H32FN3O3/c1-4-14(2)26-19-6-5-11-31-21(19)12-16-8-9-17-18(22(16)25)13-28(24(17)30)20-10-7-15(3)27-23(20)29/h8-9,14,19-21,26H,3-7,10-13H2,1-2H3,(H,27,29)/t14-,19+,20?,21-/m1/s1. The van der Waals surface area contributed by atoms with Crippen molar-refractivity contribution >= 4 is 11.8 Å². The summed E-state index contributed by atoms with van der Waals surface area (Å²) in [5.41, 5.74) is 1.98. The third kappa shape index (κ3) is 4.39. The minimum Gasteiger partial charge on any atom is -0.376 e. The van der Waals surface area contributed by atoms with E-state index in [2.05, 4.69) is 31.1 Å². The normalized spacial score (nSPS) is 27.3. The summed E-state index contributed by atoms with van der Waals surface area (Å²) in [6.45, 7) is 8.88. The molecule has 4 atom stereocenters. The number of ether oxygens (including phenoxy) is 1. The van der Waals surface area contributed by atoms with E-state index in [-0.39, 0.29) is 36.3 Å². The van der Waals surface area contributed by atoms with Crippen molar-refractivity contribution in [1.29, 1.82) is 0 Å². The lowest BCUT2D eigenvalue weighted by molar-refractivity contribution is -0.126. The highest BCUT2D eigenvalue weighted by Gasteiger charge is 2.40. The second kappa shape index (κ2) is 9.09. The quantitative estimate of drug-likeness (QED) is 0.729. The molecule has 0 saturated carbocycles. The Hall–Kier alpha value is -2.25. The van der Waals surface area contributed by atoms with Crippen LogP contribution in [0.3, 0.4) is 0 Å². The molecule has 6 nitrogen and oxygen atoms in total. The van der Waals surface area contributed by atoms with Gasteiger partial charge in [0.25, 0.3) is 5.91 Å². The Morgan fingerprint density at radius 2 is 2.16 bits per heavy atom. The zero-order chi connectivity index (χ0) is 22.1. The third-order valence-electron chi connectivity index (χ3n) is 6.81. The lowest BCUT2D eigenvalue weighted by Gasteiger charge is -2.34. The van der Waals surface area contributed by atoms with E-state index < -0.39 is 6.04 Å². The van der Waals surface area contributed by atoms with Crippen molar-refractivity contribution in [1.82, 2.24) is 15.5 Å². The fourth-order valence-corrected chi connectivity index (χ4v) is 4.82. The van der Waals surface area contributed by atoms with Crippen LogP contribution < -0.4 is 10.6 Å². The molecule has 0 bridgehead atoms. The van der Waals surface area contributed by atoms with Gasteiger partial charge in [0.1, 0.15) is 11.9 Å². The fourth-order valence-electron chi connectivity index (χ4n) is 4.82. The van der Waals surface area contributed by atoms with Crippen molar-refractivity contribution in [2.75, 3.05) is 6.61 Å². The molecule has 7 heteroatoms. The van der Waals surface area contributed by atoms with Crippen LogP contribution in [-0.2, 0) is 22.5 Å². The first kappa shape index (κ1) is 22.0. The van der Waals surface area contributed by atoms with E-state index >= 15 is 4.39 Å². The summed E-state index contributed by atoms with van der Waals surface area (Å²) in [5.74, 6) is -0.864. The van der Waals surface area contributed by atoms with E-state index in [0.29, 0.717) is 54.3 Å². The maximum atomic E-state index is 15.5. The van der Waals surface area contributed by atoms with Gasteiger partial charge < -0.3 is 20.3 Å². The first-order chi connectivity index (χ1) is 14.9. The number of fused-ring (bicyclic) bond motifs is 1. The maximum Gasteiger partial charge on any atom is 0.255 e. The Morgan fingerprint density at radius 1 is 1.35 bits per heavy atom. The van der Waals surface area contributed by atoms with E-state index in [1.165, 1.54) is 4.90 Å². The number of allylic oxidation sites excluding steroid dienone is 1. The number of amides is 2. The van der Waals surface area contributed by atoms with Gasteiger partial charge in [0.2, 0.25) is 5.91 Å². The van der Waals surface area contributed by atoms with Gasteiger partial charge in [0, 0.05) is 41.9 Å². The highest BCUT2D eigenvalue weighted by molar-refractivity contribution is 6.01. The van der Waals surface area contributed by atoms with Gasteiger partial charge in [-0.15, -0.1) is 0 Å². The van der Waals surface area contributed by atoms with Crippen LogP contribution in [-0.4, -0.2) is 47.6 Å². The summed E-state index contributed by atoms with van der Waals surface area (Å²) in [5, 5.41) is 6.33. The molecule has 2 amide bonds. The van der Waals surface area contributed by atoms with Gasteiger partial charge in [0.05, 0.1) is 12.6 Å². The highest BCUT2D eigenvalue weighted by atomic mass is 19.1. The zero-order valence-corrected chi connectivity index (χ0v) is 18.4. The van der Waals surface area contributed by atoms with E-state index in [9.17, 15) is 9.59 Å². The number of hydrogen-bond donors (Lipinski definition) is 2. The van der Waals surface area contributed by atoms with Crippen LogP contribution in [0.15, 0.2) is 24.4 Å². The Bertz CT molecular complexity index is 887. The molecular weight excluding hydrogens is 397 g/mol. The molecule has 1 unspecified atom stereocenters. The summed E-state index contributed by atoms with van der Waals surface area (Å²) in [7, 11) is 0. The smallest absolute Gasteiger partial charge is 0.255 e. The van der Waals surface area contributed by atoms with Crippen LogP contribution in [0.25, 0.3) is 0 Å². The van der Waals surface area contributed by atoms with Crippen molar-refractivity contribution < 1.29 is 18.7 Å². The molecule has 31 heavy (non-hydrogen) atoms. The van der Waals surface area contributed by atoms with Crippen LogP contribution in [0.2, 0.25) is 0 Å². The molecule has 3 heterocycles. The molecule has 2 fully saturated rings. The maximum absolute atomic E-state index is 15.5. The number of benzene rings is 1. The lowest BCUT2D eigenvalue weighted by atomic mass is 9.93. The molecule has 0 aliphatic carbocycles. The molecule has 0 radical (unpaired) electrons. The average Bonchev–Trinajstić information content (AvgIpc) is 3.08. The second-order valence-electron chi connectivity index (χ2n) is 8.98. The van der Waals surface area contributed by atoms with Crippen molar-refractivity contribution in [3.05, 3.63) is 46.9 Å². The first-order valence-corrected chi connectivity index (χ1v) is 11.4. The van der Waals surface area contributed by atoms with Gasteiger partial charge in [0.15, 0.2) is 0 Å². The van der Waals surface area contributed by atoms with Gasteiger partial charge in [-0.25, -0.2) is 4.39 Å². The SMILES string of the molecule is C=C1CCC(N2Cc3c(ccc(C[C@H]4OCCC[C@@H]4N[C@H](C)CC)c3F)C2=O)C(=O)N1. The van der Waals surface area contributed by atoms with Crippen LogP contribution in [0, 0.1) is 5.82 Å². The monoisotopic (exact) mass is 429 g/mol. The number of rotatable bonds is 6. The van der Waals surface area contributed by atoms with Crippen LogP contribution in [0.5, 0.6) is 0 Å². The minimum atomic E-state index is -0.584. The molecule has 2 N–H and O–H groups in total. The van der Waals surface area contributed by atoms with E-state index in [1.54, 1.807) is 12.1 Å². The first-order valence-electron chi connectivity index (χ1n) is 11.4. The predicted octanol–water partition coefficient (Wildman–Crippen LogP) is 3.05. The molecular formula is C24H32FN3O3. The third-order valence-corrected chi connectivity index (χ3v) is 6.81. The summed E-state index contributed by atoms with van der Waals surface area (Å²) >= 11 is 0. The molecule has 168 valence electrons. The van der Waals surface area contributed by atoms with E-state index in [0.717, 1.165) is 19.3 Å². The molecule has 4 rings (SSSR count). The van der Waals surface area contributed by atoms with Crippen molar-refractivity contribution in [2.45, 2.75) is 83.1 Å². The molecule has 3 aliphatic rings. The number of nitrogens with zero attached hydrogens (tertiary/aromatic N) is 1. The van der Waals surface area contributed by atoms with Crippen LogP contribution in [0.1, 0.15) is 67.4 Å². The Morgan fingerprint density at radius 3 is 2.90 bits per heavy atom. The molecule has 3 aliphatic heterocycles. The van der Waals surface area contributed by atoms with Gasteiger partial charge in [-0.1, -0.05) is 19.6 Å². The number of halogens is 1. The van der Waals surface area contributed by atoms with Crippen molar-refractivity contribution in [3.63, 3.8) is 0 Å². The van der Waals surface area contributed by atoms with E-state index in [4.69, 9.17) is 4.74 Å². The Labute approximate surface area is 183 Å². The largest absolute Gasteiger partial charge is 0.376 e. The topological polar surface area (TPSA) is 70.7 Å². The van der Waals surface area contributed by atoms with Gasteiger partial charge in [-0.3, -0.25) is 9.59 Å². The molecule has 0 aromatic heterocycles. The van der Waals surface area contributed by atoms with Crippen molar-refractivity contribution in [3.8, 4) is 0 Å². The average molecular weight is 430 g/mol. The highest BCUT2D eigenvalue weighted by Crippen LogP contribution is 2.32. The Kier molecular flexibility index (Phi) is 6.44. The summed E-state index contributed by atoms with van der Waals surface area (Å²) in [4.78, 5) is 26.8. The number of hydrogen-bond acceptors (Lipinski definition) is 4. The molecule has 0 spiro atoms. The zero-order valence-electron chi connectivity index (χ0n) is 18.4. The summed E-state index contributed by atoms with van der Waals surface area (Å²) in [6, 6.07) is 3.39.